The first-order valence-electron chi connectivity index (χ1n) is 13.0. The molecule has 0 unspecified atom stereocenters. The van der Waals surface area contributed by atoms with Crippen LogP contribution in [0.5, 0.6) is 0 Å². The average molecular weight is 507 g/mol. The van der Waals surface area contributed by atoms with E-state index in [1.54, 1.807) is 25.4 Å². The van der Waals surface area contributed by atoms with Crippen molar-refractivity contribution in [2.75, 3.05) is 18.0 Å². The Morgan fingerprint density at radius 3 is 2.76 bits per heavy atom. The molecule has 0 radical (unpaired) electrons. The highest BCUT2D eigenvalue weighted by Crippen LogP contribution is 2.24. The number of hydrogen-bond donors (Lipinski definition) is 1. The summed E-state index contributed by atoms with van der Waals surface area (Å²) in [4.78, 5) is 35.8. The minimum absolute atomic E-state index is 0.0212. The van der Waals surface area contributed by atoms with E-state index < -0.39 is 0 Å². The molecule has 1 aromatic heterocycles. The first kappa shape index (κ1) is 26.9. The fourth-order valence-electron chi connectivity index (χ4n) is 4.59. The van der Waals surface area contributed by atoms with Crippen molar-refractivity contribution in [3.05, 3.63) is 107 Å². The molecule has 194 valence electrons. The van der Waals surface area contributed by atoms with E-state index in [1.807, 2.05) is 43.4 Å². The van der Waals surface area contributed by atoms with Gasteiger partial charge in [0.2, 0.25) is 0 Å². The van der Waals surface area contributed by atoms with Gasteiger partial charge >= 0.3 is 0 Å². The van der Waals surface area contributed by atoms with Crippen LogP contribution in [0, 0.1) is 5.41 Å². The van der Waals surface area contributed by atoms with E-state index in [9.17, 15) is 9.59 Å². The average Bonchev–Trinajstić information content (AvgIpc) is 3.35. The van der Waals surface area contributed by atoms with Crippen LogP contribution in [-0.2, 0) is 9.59 Å². The number of carbonyl (C=O) groups is 2. The number of rotatable bonds is 8. The zero-order valence-corrected chi connectivity index (χ0v) is 22.2. The molecule has 38 heavy (non-hydrogen) atoms. The number of ketones is 2. The van der Waals surface area contributed by atoms with Gasteiger partial charge in [0.25, 0.3) is 0 Å². The summed E-state index contributed by atoms with van der Waals surface area (Å²) in [7, 11) is 0. The van der Waals surface area contributed by atoms with Gasteiger partial charge in [-0.05, 0) is 73.6 Å². The van der Waals surface area contributed by atoms with Crippen LogP contribution in [0.15, 0.2) is 106 Å². The number of aliphatic imine (C=N–C) groups is 1. The number of anilines is 1. The molecule has 0 fully saturated rings. The summed E-state index contributed by atoms with van der Waals surface area (Å²) < 4.78 is 0. The van der Waals surface area contributed by atoms with Crippen molar-refractivity contribution in [1.82, 2.24) is 4.98 Å². The topological polar surface area (TPSA) is 86.5 Å². The second-order valence-electron chi connectivity index (χ2n) is 9.78. The summed E-state index contributed by atoms with van der Waals surface area (Å²) in [5.74, 6) is 0.0929. The number of nitrogens with zero attached hydrogens (tertiary/aromatic N) is 3. The Hall–Kier alpha value is -4.19. The van der Waals surface area contributed by atoms with Crippen molar-refractivity contribution in [2.45, 2.75) is 46.0 Å². The van der Waals surface area contributed by atoms with Crippen LogP contribution >= 0.6 is 0 Å². The van der Waals surface area contributed by atoms with Crippen LogP contribution in [0.1, 0.15) is 51.6 Å². The van der Waals surface area contributed by atoms with Crippen LogP contribution in [0.2, 0.25) is 0 Å². The molecule has 4 rings (SSSR count). The van der Waals surface area contributed by atoms with Gasteiger partial charge < -0.3 is 10.3 Å². The zero-order chi connectivity index (χ0) is 27.1. The Kier molecular flexibility index (Phi) is 8.74. The van der Waals surface area contributed by atoms with E-state index in [0.717, 1.165) is 65.2 Å². The molecule has 0 amide bonds. The van der Waals surface area contributed by atoms with Gasteiger partial charge in [-0.2, -0.15) is 0 Å². The van der Waals surface area contributed by atoms with Gasteiger partial charge in [-0.15, -0.1) is 0 Å². The van der Waals surface area contributed by atoms with Gasteiger partial charge in [0.05, 0.1) is 35.4 Å². The predicted octanol–water partition coefficient (Wildman–Crippen LogP) is 6.20. The SMILES string of the molecule is C=C1C=CC=C(C2=CCC=C(CC(=O)CC(=N)c3ccc(N4CCC=C(C(C)=O)CC4)cn3)C=N2)C=C1C. The highest BCUT2D eigenvalue weighted by molar-refractivity contribution is 6.10. The van der Waals surface area contributed by atoms with E-state index in [0.29, 0.717) is 12.1 Å². The van der Waals surface area contributed by atoms with E-state index in [4.69, 9.17) is 5.41 Å². The molecule has 0 aromatic carbocycles. The molecule has 1 aromatic rings. The van der Waals surface area contributed by atoms with Gasteiger partial charge in [-0.1, -0.05) is 43.0 Å². The lowest BCUT2D eigenvalue weighted by molar-refractivity contribution is -0.117. The molecule has 0 saturated carbocycles. The van der Waals surface area contributed by atoms with Gasteiger partial charge in [-0.25, -0.2) is 0 Å². The summed E-state index contributed by atoms with van der Waals surface area (Å²) in [5.41, 5.74) is 7.37. The van der Waals surface area contributed by atoms with E-state index in [2.05, 4.69) is 33.6 Å². The first-order valence-corrected chi connectivity index (χ1v) is 13.0. The number of allylic oxidation sites excluding steroid dienone is 9. The Labute approximate surface area is 224 Å². The fraction of sp³-hybridized carbons (Fsp3) is 0.281. The van der Waals surface area contributed by atoms with Gasteiger partial charge in [-0.3, -0.25) is 19.6 Å². The fourth-order valence-corrected chi connectivity index (χ4v) is 4.59. The van der Waals surface area contributed by atoms with Crippen LogP contribution < -0.4 is 4.90 Å². The summed E-state index contributed by atoms with van der Waals surface area (Å²) in [5, 5.41) is 8.43. The van der Waals surface area contributed by atoms with Crippen LogP contribution in [0.3, 0.4) is 0 Å². The number of aromatic nitrogens is 1. The monoisotopic (exact) mass is 506 g/mol. The summed E-state index contributed by atoms with van der Waals surface area (Å²) >= 11 is 0. The Morgan fingerprint density at radius 1 is 1.16 bits per heavy atom. The normalized spacial score (nSPS) is 17.8. The lowest BCUT2D eigenvalue weighted by atomic mass is 10.0. The molecule has 3 heterocycles. The van der Waals surface area contributed by atoms with Crippen molar-refractivity contribution in [3.8, 4) is 0 Å². The second kappa shape index (κ2) is 12.4. The van der Waals surface area contributed by atoms with Gasteiger partial charge in [0.1, 0.15) is 5.78 Å². The van der Waals surface area contributed by atoms with Crippen LogP contribution in [0.4, 0.5) is 5.69 Å². The minimum atomic E-state index is -0.0407. The molecule has 1 N–H and O–H groups in total. The van der Waals surface area contributed by atoms with E-state index >= 15 is 0 Å². The Morgan fingerprint density at radius 2 is 2.00 bits per heavy atom. The van der Waals surface area contributed by atoms with E-state index in [1.165, 1.54) is 0 Å². The highest BCUT2D eigenvalue weighted by Gasteiger charge is 2.16. The Bertz CT molecular complexity index is 1360. The molecule has 0 bridgehead atoms. The zero-order valence-electron chi connectivity index (χ0n) is 22.2. The van der Waals surface area contributed by atoms with Gasteiger partial charge in [0.15, 0.2) is 5.78 Å². The Balaban J connectivity index is 1.31. The number of carbonyl (C=O) groups excluding carboxylic acids is 2. The predicted molar refractivity (Wildman–Crippen MR) is 155 cm³/mol. The van der Waals surface area contributed by atoms with Gasteiger partial charge in [0, 0.05) is 31.3 Å². The maximum absolute atomic E-state index is 12.8. The van der Waals surface area contributed by atoms with Crippen molar-refractivity contribution < 1.29 is 9.59 Å². The van der Waals surface area contributed by atoms with Crippen molar-refractivity contribution in [2.24, 2.45) is 4.99 Å². The summed E-state index contributed by atoms with van der Waals surface area (Å²) in [6.07, 6.45) is 20.1. The lowest BCUT2D eigenvalue weighted by Crippen LogP contribution is -2.24. The van der Waals surface area contributed by atoms with Crippen LogP contribution in [0.25, 0.3) is 0 Å². The second-order valence-corrected chi connectivity index (χ2v) is 9.78. The summed E-state index contributed by atoms with van der Waals surface area (Å²) in [6.45, 7) is 9.27. The first-order chi connectivity index (χ1) is 18.3. The maximum Gasteiger partial charge on any atom is 0.155 e. The van der Waals surface area contributed by atoms with Crippen molar-refractivity contribution in [3.63, 3.8) is 0 Å². The van der Waals surface area contributed by atoms with Crippen molar-refractivity contribution in [1.29, 1.82) is 5.41 Å². The van der Waals surface area contributed by atoms with Crippen molar-refractivity contribution >= 4 is 29.2 Å². The molecule has 6 nitrogen and oxygen atoms in total. The third-order valence-corrected chi connectivity index (χ3v) is 6.90. The van der Waals surface area contributed by atoms with E-state index in [-0.39, 0.29) is 30.1 Å². The smallest absolute Gasteiger partial charge is 0.155 e. The highest BCUT2D eigenvalue weighted by atomic mass is 16.1. The molecule has 0 atom stereocenters. The maximum atomic E-state index is 12.8. The largest absolute Gasteiger partial charge is 0.370 e. The number of hydrogen-bond acceptors (Lipinski definition) is 6. The molecule has 6 heteroatoms. The lowest BCUT2D eigenvalue weighted by Gasteiger charge is -2.22. The minimum Gasteiger partial charge on any atom is -0.370 e. The third kappa shape index (κ3) is 6.97. The molecule has 0 spiro atoms. The number of Topliss-reactive ketones (excluding diaryl/α,β-unsaturated/α-hetero) is 2. The quantitative estimate of drug-likeness (QED) is 0.426. The summed E-state index contributed by atoms with van der Waals surface area (Å²) in [6, 6.07) is 3.74. The third-order valence-electron chi connectivity index (χ3n) is 6.90. The number of pyridine rings is 1. The molecule has 2 aliphatic heterocycles. The standard InChI is InChI=1S/C32H34N4O2/c1-22-7-4-9-27(17-23(22)2)31-11-5-8-25(20-34-31)18-29(38)19-30(33)32-13-12-28(21-35-32)36-15-6-10-26(14-16-36)24(3)37/h4,7-13,17,20-21,33H,1,5-6,14-16,18-19H2,2-3H3. The molecule has 0 saturated heterocycles. The van der Waals surface area contributed by atoms with Crippen LogP contribution in [-0.4, -0.2) is 41.6 Å². The molecule has 1 aliphatic carbocycles. The molecule has 3 aliphatic rings. The number of nitrogens with one attached hydrogen (secondary N) is 1. The molecular formula is C32H34N4O2. The molecular weight excluding hydrogens is 472 g/mol.